The van der Waals surface area contributed by atoms with Crippen molar-refractivity contribution in [3.8, 4) is 0 Å². The van der Waals surface area contributed by atoms with Crippen LogP contribution in [-0.4, -0.2) is 50.1 Å². The minimum atomic E-state index is 0. The van der Waals surface area contributed by atoms with Crippen LogP contribution < -0.4 is 10.6 Å². The first kappa shape index (κ1) is 18.7. The number of aliphatic imine (C=N–C) groups is 1. The second kappa shape index (κ2) is 10.4. The molecule has 0 bridgehead atoms. The highest BCUT2D eigenvalue weighted by Gasteiger charge is 2.27. The van der Waals surface area contributed by atoms with Crippen LogP contribution in [0.1, 0.15) is 24.6 Å². The minimum absolute atomic E-state index is 0. The van der Waals surface area contributed by atoms with Crippen LogP contribution in [0.4, 0.5) is 0 Å². The normalized spacial score (nSPS) is 14.9. The first-order chi connectivity index (χ1) is 9.83. The van der Waals surface area contributed by atoms with Gasteiger partial charge in [-0.3, -0.25) is 9.89 Å². The summed E-state index contributed by atoms with van der Waals surface area (Å²) in [5.41, 5.74) is 0. The number of likely N-dealkylation sites (N-methyl/N-ethyl adjacent to an activating group) is 1. The van der Waals surface area contributed by atoms with Crippen molar-refractivity contribution in [3.63, 3.8) is 0 Å². The number of thiophene rings is 1. The van der Waals surface area contributed by atoms with Gasteiger partial charge in [0.15, 0.2) is 5.96 Å². The van der Waals surface area contributed by atoms with Gasteiger partial charge in [0.05, 0.1) is 0 Å². The average molecular weight is 422 g/mol. The van der Waals surface area contributed by atoms with Crippen molar-refractivity contribution in [2.45, 2.75) is 32.2 Å². The predicted octanol–water partition coefficient (Wildman–Crippen LogP) is 2.56. The van der Waals surface area contributed by atoms with Gasteiger partial charge in [-0.05, 0) is 37.3 Å². The molecule has 4 nitrogen and oxygen atoms in total. The highest BCUT2D eigenvalue weighted by Crippen LogP contribution is 2.25. The molecule has 0 aromatic carbocycles. The number of hydrogen-bond donors (Lipinski definition) is 2. The van der Waals surface area contributed by atoms with E-state index in [9.17, 15) is 0 Å². The average Bonchev–Trinajstić information content (AvgIpc) is 3.18. The molecule has 2 N–H and O–H groups in total. The summed E-state index contributed by atoms with van der Waals surface area (Å²) in [6.07, 6.45) is 3.81. The quantitative estimate of drug-likeness (QED) is 0.384. The molecule has 1 aliphatic rings. The van der Waals surface area contributed by atoms with E-state index >= 15 is 0 Å². The van der Waals surface area contributed by atoms with Gasteiger partial charge >= 0.3 is 0 Å². The van der Waals surface area contributed by atoms with Crippen LogP contribution in [0.5, 0.6) is 0 Å². The lowest BCUT2D eigenvalue weighted by Crippen LogP contribution is -2.42. The van der Waals surface area contributed by atoms with Gasteiger partial charge in [-0.15, -0.1) is 35.3 Å². The molecule has 0 aliphatic heterocycles. The van der Waals surface area contributed by atoms with Gasteiger partial charge in [0.2, 0.25) is 0 Å². The Hall–Kier alpha value is -0.340. The van der Waals surface area contributed by atoms with Gasteiger partial charge < -0.3 is 10.6 Å². The molecular formula is C15H27IN4S. The smallest absolute Gasteiger partial charge is 0.191 e. The van der Waals surface area contributed by atoms with Crippen molar-refractivity contribution in [1.82, 2.24) is 15.5 Å². The molecule has 0 radical (unpaired) electrons. The zero-order valence-corrected chi connectivity index (χ0v) is 16.1. The molecule has 6 heteroatoms. The summed E-state index contributed by atoms with van der Waals surface area (Å²) < 4.78 is 0. The first-order valence-electron chi connectivity index (χ1n) is 7.54. The Morgan fingerprint density at radius 3 is 2.71 bits per heavy atom. The predicted molar refractivity (Wildman–Crippen MR) is 103 cm³/mol. The van der Waals surface area contributed by atoms with Crippen molar-refractivity contribution in [1.29, 1.82) is 0 Å². The molecule has 0 amide bonds. The topological polar surface area (TPSA) is 39.7 Å². The molecule has 0 saturated heterocycles. The monoisotopic (exact) mass is 422 g/mol. The van der Waals surface area contributed by atoms with E-state index in [2.05, 4.69) is 45.0 Å². The van der Waals surface area contributed by atoms with E-state index in [-0.39, 0.29) is 24.0 Å². The Balaban J connectivity index is 0.00000220. The van der Waals surface area contributed by atoms with E-state index in [1.165, 1.54) is 17.7 Å². The van der Waals surface area contributed by atoms with Gasteiger partial charge in [0, 0.05) is 37.6 Å². The van der Waals surface area contributed by atoms with Crippen molar-refractivity contribution < 1.29 is 0 Å². The summed E-state index contributed by atoms with van der Waals surface area (Å²) in [6, 6.07) is 5.12. The maximum Gasteiger partial charge on any atom is 0.191 e. The minimum Gasteiger partial charge on any atom is -0.356 e. The highest BCUT2D eigenvalue weighted by atomic mass is 127. The molecular weight excluding hydrogens is 395 g/mol. The maximum atomic E-state index is 4.27. The third kappa shape index (κ3) is 6.97. The molecule has 0 unspecified atom stereocenters. The van der Waals surface area contributed by atoms with Crippen molar-refractivity contribution in [2.24, 2.45) is 4.99 Å². The Labute approximate surface area is 149 Å². The summed E-state index contributed by atoms with van der Waals surface area (Å²) in [4.78, 5) is 8.23. The summed E-state index contributed by atoms with van der Waals surface area (Å²) in [5, 5.41) is 8.89. The molecule has 1 aromatic heterocycles. The van der Waals surface area contributed by atoms with Crippen molar-refractivity contribution in [2.75, 3.05) is 33.2 Å². The highest BCUT2D eigenvalue weighted by molar-refractivity contribution is 14.0. The summed E-state index contributed by atoms with van der Waals surface area (Å²) in [7, 11) is 1.83. The maximum absolute atomic E-state index is 4.27. The van der Waals surface area contributed by atoms with Gasteiger partial charge in [0.25, 0.3) is 0 Å². The number of guanidine groups is 1. The van der Waals surface area contributed by atoms with E-state index in [1.54, 1.807) is 0 Å². The Bertz CT molecular complexity index is 404. The lowest BCUT2D eigenvalue weighted by atomic mass is 10.3. The molecule has 1 heterocycles. The van der Waals surface area contributed by atoms with Crippen molar-refractivity contribution >= 4 is 41.3 Å². The van der Waals surface area contributed by atoms with E-state index in [1.807, 2.05) is 18.4 Å². The van der Waals surface area contributed by atoms with E-state index in [0.29, 0.717) is 0 Å². The van der Waals surface area contributed by atoms with Crippen molar-refractivity contribution in [3.05, 3.63) is 22.4 Å². The molecule has 2 rings (SSSR count). The second-order valence-electron chi connectivity index (χ2n) is 5.11. The molecule has 0 atom stereocenters. The van der Waals surface area contributed by atoms with Crippen LogP contribution in [0.2, 0.25) is 0 Å². The standard InChI is InChI=1S/C15H26N4S.HI/c1-3-19(13-6-7-13)11-10-18-15(16-2)17-9-8-14-5-4-12-20-14;/h4-5,12-13H,3,6-11H2,1-2H3,(H2,16,17,18);1H. The van der Waals surface area contributed by atoms with Crippen LogP contribution in [0.25, 0.3) is 0 Å². The summed E-state index contributed by atoms with van der Waals surface area (Å²) in [5.74, 6) is 0.911. The van der Waals surface area contributed by atoms with Crippen LogP contribution in [0, 0.1) is 0 Å². The zero-order valence-electron chi connectivity index (χ0n) is 13.0. The Kier molecular flexibility index (Phi) is 9.26. The molecule has 1 aromatic rings. The lowest BCUT2D eigenvalue weighted by molar-refractivity contribution is 0.282. The van der Waals surface area contributed by atoms with Crippen LogP contribution >= 0.6 is 35.3 Å². The largest absolute Gasteiger partial charge is 0.356 e. The number of hydrogen-bond acceptors (Lipinski definition) is 3. The second-order valence-corrected chi connectivity index (χ2v) is 6.15. The summed E-state index contributed by atoms with van der Waals surface area (Å²) in [6.45, 7) is 6.39. The van der Waals surface area contributed by atoms with E-state index in [0.717, 1.165) is 44.6 Å². The fourth-order valence-corrected chi connectivity index (χ4v) is 3.05. The number of nitrogens with one attached hydrogen (secondary N) is 2. The van der Waals surface area contributed by atoms with E-state index < -0.39 is 0 Å². The third-order valence-electron chi connectivity index (χ3n) is 3.63. The van der Waals surface area contributed by atoms with Crippen LogP contribution in [0.15, 0.2) is 22.5 Å². The first-order valence-corrected chi connectivity index (χ1v) is 8.42. The van der Waals surface area contributed by atoms with Crippen LogP contribution in [0.3, 0.4) is 0 Å². The van der Waals surface area contributed by atoms with Gasteiger partial charge in [-0.1, -0.05) is 13.0 Å². The molecule has 120 valence electrons. The number of nitrogens with zero attached hydrogens (tertiary/aromatic N) is 2. The molecule has 21 heavy (non-hydrogen) atoms. The van der Waals surface area contributed by atoms with Gasteiger partial charge in [-0.25, -0.2) is 0 Å². The number of rotatable bonds is 8. The van der Waals surface area contributed by atoms with E-state index in [4.69, 9.17) is 0 Å². The molecule has 1 saturated carbocycles. The Morgan fingerprint density at radius 2 is 2.14 bits per heavy atom. The lowest BCUT2D eigenvalue weighted by Gasteiger charge is -2.20. The fourth-order valence-electron chi connectivity index (χ4n) is 2.34. The van der Waals surface area contributed by atoms with Crippen LogP contribution in [-0.2, 0) is 6.42 Å². The molecule has 0 spiro atoms. The summed E-state index contributed by atoms with van der Waals surface area (Å²) >= 11 is 1.81. The van der Waals surface area contributed by atoms with Gasteiger partial charge in [-0.2, -0.15) is 0 Å². The molecule has 1 fully saturated rings. The fraction of sp³-hybridized carbons (Fsp3) is 0.667. The van der Waals surface area contributed by atoms with Gasteiger partial charge in [0.1, 0.15) is 0 Å². The SMILES string of the molecule is CCN(CCNC(=NC)NCCc1cccs1)C1CC1.I. The zero-order chi connectivity index (χ0) is 14.2. The third-order valence-corrected chi connectivity index (χ3v) is 4.56. The Morgan fingerprint density at radius 1 is 1.38 bits per heavy atom. The molecule has 1 aliphatic carbocycles. The number of halogens is 1.